The van der Waals surface area contributed by atoms with Crippen LogP contribution in [0.25, 0.3) is 11.1 Å². The number of ether oxygens (including phenoxy) is 1. The van der Waals surface area contributed by atoms with Gasteiger partial charge in [0.1, 0.15) is 6.61 Å². The van der Waals surface area contributed by atoms with Gasteiger partial charge < -0.3 is 25.4 Å². The minimum Gasteiger partial charge on any atom is -0.448 e. The first-order chi connectivity index (χ1) is 17.3. The first-order valence-electron chi connectivity index (χ1n) is 12.4. The second-order valence-electron chi connectivity index (χ2n) is 9.73. The lowest BCUT2D eigenvalue weighted by atomic mass is 9.75. The van der Waals surface area contributed by atoms with Crippen molar-refractivity contribution in [2.75, 3.05) is 38.5 Å². The van der Waals surface area contributed by atoms with Crippen molar-refractivity contribution in [2.45, 2.75) is 26.3 Å². The highest BCUT2D eigenvalue weighted by Crippen LogP contribution is 2.44. The lowest BCUT2D eigenvalue weighted by molar-refractivity contribution is 0.0728. The molecule has 0 aromatic heterocycles. The first-order valence-corrected chi connectivity index (χ1v) is 12.4. The second kappa shape index (κ2) is 9.97. The molecule has 2 aliphatic rings. The third-order valence-electron chi connectivity index (χ3n) is 7.69. The number of piperazine rings is 1. The zero-order valence-corrected chi connectivity index (χ0v) is 20.8. The molecule has 0 radical (unpaired) electrons. The average Bonchev–Trinajstić information content (AvgIpc) is 3.21. The van der Waals surface area contributed by atoms with Crippen molar-refractivity contribution in [1.29, 1.82) is 0 Å². The van der Waals surface area contributed by atoms with E-state index >= 15 is 0 Å². The Balaban J connectivity index is 1.19. The van der Waals surface area contributed by atoms with Crippen molar-refractivity contribution in [1.82, 2.24) is 9.80 Å². The van der Waals surface area contributed by atoms with E-state index in [1.54, 1.807) is 11.8 Å². The summed E-state index contributed by atoms with van der Waals surface area (Å²) in [5.74, 6) is 0.0497. The Morgan fingerprint density at radius 3 is 2.14 bits per heavy atom. The van der Waals surface area contributed by atoms with Crippen LogP contribution in [0, 0.1) is 13.8 Å². The summed E-state index contributed by atoms with van der Waals surface area (Å²) in [5, 5.41) is 19.4. The number of benzene rings is 3. The van der Waals surface area contributed by atoms with Crippen molar-refractivity contribution in [2.24, 2.45) is 0 Å². The molecule has 1 fully saturated rings. The van der Waals surface area contributed by atoms with Gasteiger partial charge in [-0.3, -0.25) is 4.90 Å². The zero-order valence-electron chi connectivity index (χ0n) is 20.8. The largest absolute Gasteiger partial charge is 0.488 e. The van der Waals surface area contributed by atoms with Gasteiger partial charge in [-0.05, 0) is 58.3 Å². The normalized spacial score (nSPS) is 15.5. The van der Waals surface area contributed by atoms with E-state index in [-0.39, 0.29) is 12.0 Å². The van der Waals surface area contributed by atoms with Gasteiger partial charge >= 0.3 is 13.2 Å². The molecule has 1 amide bonds. The lowest BCUT2D eigenvalue weighted by Crippen LogP contribution is -2.48. The number of nitrogens with two attached hydrogens (primary N) is 1. The molecule has 1 aliphatic heterocycles. The maximum atomic E-state index is 12.9. The molecule has 8 heteroatoms. The number of amides is 1. The molecular formula is C28H32BN3O4. The van der Waals surface area contributed by atoms with E-state index in [4.69, 9.17) is 10.5 Å². The molecule has 36 heavy (non-hydrogen) atoms. The molecule has 0 unspecified atom stereocenters. The van der Waals surface area contributed by atoms with Crippen LogP contribution in [0.4, 0.5) is 10.5 Å². The number of fused-ring (bicyclic) bond motifs is 3. The lowest BCUT2D eigenvalue weighted by Gasteiger charge is -2.34. The number of anilines is 1. The van der Waals surface area contributed by atoms with Gasteiger partial charge in [0.15, 0.2) is 0 Å². The maximum absolute atomic E-state index is 12.9. The highest BCUT2D eigenvalue weighted by atomic mass is 16.6. The molecule has 3 aromatic rings. The molecule has 0 bridgehead atoms. The third kappa shape index (κ3) is 4.48. The summed E-state index contributed by atoms with van der Waals surface area (Å²) >= 11 is 0. The summed E-state index contributed by atoms with van der Waals surface area (Å²) in [4.78, 5) is 16.9. The van der Waals surface area contributed by atoms with Crippen molar-refractivity contribution >= 4 is 24.4 Å². The van der Waals surface area contributed by atoms with E-state index in [1.807, 2.05) is 37.3 Å². The van der Waals surface area contributed by atoms with Crippen LogP contribution in [0.1, 0.15) is 33.7 Å². The van der Waals surface area contributed by atoms with Crippen LogP contribution in [0.5, 0.6) is 0 Å². The quantitative estimate of drug-likeness (QED) is 0.380. The van der Waals surface area contributed by atoms with Crippen molar-refractivity contribution in [3.63, 3.8) is 0 Å². The van der Waals surface area contributed by atoms with E-state index < -0.39 is 7.12 Å². The van der Waals surface area contributed by atoms with Crippen molar-refractivity contribution in [3.05, 3.63) is 82.4 Å². The van der Waals surface area contributed by atoms with E-state index in [0.717, 1.165) is 11.1 Å². The standard InChI is InChI=1S/C28H32BN3O4/c1-18-20(15-26(29(34)35)19(2)27(18)30)16-31-11-13-32(14-12-31)28(33)36-17-25-23-9-5-3-7-21(23)22-8-4-6-10-24(22)25/h3-10,15,25,34-35H,11-14,16-17,30H2,1-2H3. The first kappa shape index (κ1) is 24.4. The van der Waals surface area contributed by atoms with Crippen LogP contribution in [-0.2, 0) is 11.3 Å². The highest BCUT2D eigenvalue weighted by Gasteiger charge is 2.30. The fourth-order valence-electron chi connectivity index (χ4n) is 5.46. The maximum Gasteiger partial charge on any atom is 0.488 e. The minimum absolute atomic E-state index is 0.0497. The topological polar surface area (TPSA) is 99.3 Å². The predicted molar refractivity (Wildman–Crippen MR) is 142 cm³/mol. The molecule has 4 N–H and O–H groups in total. The number of nitrogens with zero attached hydrogens (tertiary/aromatic N) is 2. The average molecular weight is 485 g/mol. The number of carbonyl (C=O) groups is 1. The van der Waals surface area contributed by atoms with Crippen LogP contribution < -0.4 is 11.2 Å². The van der Waals surface area contributed by atoms with Gasteiger partial charge in [-0.2, -0.15) is 0 Å². The number of nitrogen functional groups attached to an aromatic ring is 1. The Hall–Kier alpha value is -3.33. The molecule has 1 saturated heterocycles. The monoisotopic (exact) mass is 485 g/mol. The van der Waals surface area contributed by atoms with Gasteiger partial charge in [0.25, 0.3) is 0 Å². The summed E-state index contributed by atoms with van der Waals surface area (Å²) in [6.07, 6.45) is -0.280. The molecule has 0 spiro atoms. The van der Waals surface area contributed by atoms with Gasteiger partial charge in [-0.25, -0.2) is 4.79 Å². The van der Waals surface area contributed by atoms with E-state index in [1.165, 1.54) is 22.3 Å². The molecule has 1 heterocycles. The Morgan fingerprint density at radius 2 is 1.56 bits per heavy atom. The summed E-state index contributed by atoms with van der Waals surface area (Å²) in [6.45, 7) is 7.27. The number of rotatable bonds is 5. The number of hydrogen-bond donors (Lipinski definition) is 3. The number of carbonyl (C=O) groups excluding carboxylic acids is 1. The Kier molecular flexibility index (Phi) is 6.75. The van der Waals surface area contributed by atoms with Gasteiger partial charge in [0.05, 0.1) is 0 Å². The molecule has 1 aliphatic carbocycles. The fraction of sp³-hybridized carbons (Fsp3) is 0.321. The summed E-state index contributed by atoms with van der Waals surface area (Å²) in [6, 6.07) is 18.5. The molecule has 0 atom stereocenters. The Bertz CT molecular complexity index is 1240. The highest BCUT2D eigenvalue weighted by molar-refractivity contribution is 6.59. The Morgan fingerprint density at radius 1 is 0.972 bits per heavy atom. The summed E-state index contributed by atoms with van der Waals surface area (Å²) in [7, 11) is -1.56. The van der Waals surface area contributed by atoms with Gasteiger partial charge in [-0.1, -0.05) is 54.6 Å². The minimum atomic E-state index is -1.56. The zero-order chi connectivity index (χ0) is 25.4. The number of hydrogen-bond acceptors (Lipinski definition) is 6. The molecule has 186 valence electrons. The van der Waals surface area contributed by atoms with Crippen LogP contribution in [0.15, 0.2) is 54.6 Å². The van der Waals surface area contributed by atoms with Crippen molar-refractivity contribution < 1.29 is 19.6 Å². The van der Waals surface area contributed by atoms with Crippen LogP contribution in [0.2, 0.25) is 0 Å². The van der Waals surface area contributed by atoms with Crippen molar-refractivity contribution in [3.8, 4) is 11.1 Å². The van der Waals surface area contributed by atoms with Crippen LogP contribution >= 0.6 is 0 Å². The predicted octanol–water partition coefficient (Wildman–Crippen LogP) is 2.63. The summed E-state index contributed by atoms with van der Waals surface area (Å²) < 4.78 is 5.82. The van der Waals surface area contributed by atoms with E-state index in [9.17, 15) is 14.8 Å². The second-order valence-corrected chi connectivity index (χ2v) is 9.73. The third-order valence-corrected chi connectivity index (χ3v) is 7.69. The Labute approximate surface area is 212 Å². The molecule has 3 aromatic carbocycles. The van der Waals surface area contributed by atoms with Crippen LogP contribution in [0.3, 0.4) is 0 Å². The molecule has 5 rings (SSSR count). The van der Waals surface area contributed by atoms with Crippen LogP contribution in [-0.4, -0.2) is 65.8 Å². The van der Waals surface area contributed by atoms with E-state index in [0.29, 0.717) is 56.0 Å². The molecule has 7 nitrogen and oxygen atoms in total. The van der Waals surface area contributed by atoms with E-state index in [2.05, 4.69) is 29.2 Å². The SMILES string of the molecule is Cc1c(CN2CCN(C(=O)OCC3c4ccccc4-c4ccccc43)CC2)cc(B(O)O)c(C)c1N. The smallest absolute Gasteiger partial charge is 0.448 e. The molecule has 0 saturated carbocycles. The molecular weight excluding hydrogens is 453 g/mol. The van der Waals surface area contributed by atoms with Gasteiger partial charge in [0.2, 0.25) is 0 Å². The summed E-state index contributed by atoms with van der Waals surface area (Å²) in [5.41, 5.74) is 14.7. The van der Waals surface area contributed by atoms with Gasteiger partial charge in [-0.15, -0.1) is 0 Å². The van der Waals surface area contributed by atoms with Gasteiger partial charge in [0, 0.05) is 44.3 Å². The fourth-order valence-corrected chi connectivity index (χ4v) is 5.46.